The molecule has 1 aromatic carbocycles. The number of aliphatic hydroxyl groups is 2. The molecule has 8 nitrogen and oxygen atoms in total. The minimum atomic E-state index is -3.33. The molecule has 0 radical (unpaired) electrons. The van der Waals surface area contributed by atoms with E-state index in [1.54, 1.807) is 6.92 Å². The lowest BCUT2D eigenvalue weighted by Crippen LogP contribution is -2.39. The number of carboxylic acids is 1. The summed E-state index contributed by atoms with van der Waals surface area (Å²) < 4.78 is 28.9. The van der Waals surface area contributed by atoms with Crippen LogP contribution in [0.5, 0.6) is 5.75 Å². The Kier molecular flexibility index (Phi) is 11.7. The second-order valence-corrected chi connectivity index (χ2v) is 13.5. The third kappa shape index (κ3) is 11.3. The van der Waals surface area contributed by atoms with Gasteiger partial charge in [-0.05, 0) is 53.7 Å². The summed E-state index contributed by atoms with van der Waals surface area (Å²) in [5.74, 6) is -0.976. The van der Waals surface area contributed by atoms with Crippen molar-refractivity contribution in [3.63, 3.8) is 0 Å². The fourth-order valence-electron chi connectivity index (χ4n) is 4.05. The molecule has 1 aromatic rings. The summed E-state index contributed by atoms with van der Waals surface area (Å²) in [6, 6.07) is 5.41. The zero-order valence-corrected chi connectivity index (χ0v) is 23.0. The summed E-state index contributed by atoms with van der Waals surface area (Å²) in [5, 5.41) is 29.6. The molecule has 0 saturated carbocycles. The van der Waals surface area contributed by atoms with Gasteiger partial charge >= 0.3 is 5.97 Å². The number of hydrogen-bond donors (Lipinski definition) is 4. The van der Waals surface area contributed by atoms with Crippen molar-refractivity contribution < 1.29 is 33.3 Å². The second-order valence-electron chi connectivity index (χ2n) is 11.3. The molecule has 9 heteroatoms. The topological polar surface area (TPSA) is 147 Å². The third-order valence-electron chi connectivity index (χ3n) is 6.31. The van der Waals surface area contributed by atoms with Gasteiger partial charge in [0, 0.05) is 12.3 Å². The number of carbonyl (C=O) groups is 1. The van der Waals surface area contributed by atoms with E-state index in [4.69, 9.17) is 15.6 Å². The van der Waals surface area contributed by atoms with Gasteiger partial charge in [0.05, 0.1) is 17.8 Å². The van der Waals surface area contributed by atoms with Crippen LogP contribution < -0.4 is 10.5 Å². The van der Waals surface area contributed by atoms with Crippen molar-refractivity contribution in [1.29, 1.82) is 0 Å². The first kappa shape index (κ1) is 31.4. The number of ether oxygens (including phenoxy) is 1. The summed E-state index contributed by atoms with van der Waals surface area (Å²) in [6.07, 6.45) is 0.371. The van der Waals surface area contributed by atoms with E-state index in [1.165, 1.54) is 0 Å². The first-order chi connectivity index (χ1) is 15.9. The van der Waals surface area contributed by atoms with Crippen LogP contribution in [0.15, 0.2) is 18.2 Å². The van der Waals surface area contributed by atoms with E-state index in [9.17, 15) is 23.4 Å². The van der Waals surface area contributed by atoms with Crippen molar-refractivity contribution in [3.05, 3.63) is 29.3 Å². The average Bonchev–Trinajstić information content (AvgIpc) is 2.69. The van der Waals surface area contributed by atoms with Gasteiger partial charge in [-0.1, -0.05) is 53.7 Å². The summed E-state index contributed by atoms with van der Waals surface area (Å²) in [6.45, 7) is 11.8. The Morgan fingerprint density at radius 1 is 1.11 bits per heavy atom. The molecule has 1 rings (SSSR count). The fourth-order valence-corrected chi connectivity index (χ4v) is 4.85. The molecule has 0 aliphatic rings. The Hall–Kier alpha value is -1.68. The Morgan fingerprint density at radius 2 is 1.71 bits per heavy atom. The van der Waals surface area contributed by atoms with Crippen molar-refractivity contribution in [3.8, 4) is 5.75 Å². The SMILES string of the molecule is CC(CC(O)C(N)CC(Cc1ccc(C(C)(C)C)c(OC[C@@H](O)CS(C)(=O)=O)c1)C(C)C)C(=O)O. The van der Waals surface area contributed by atoms with E-state index in [0.717, 1.165) is 17.4 Å². The maximum absolute atomic E-state index is 11.5. The van der Waals surface area contributed by atoms with Crippen molar-refractivity contribution in [1.82, 2.24) is 0 Å². The molecule has 0 bridgehead atoms. The Balaban J connectivity index is 3.04. The maximum atomic E-state index is 11.5. The first-order valence-corrected chi connectivity index (χ1v) is 14.2. The Labute approximate surface area is 210 Å². The van der Waals surface area contributed by atoms with Crippen LogP contribution in [0.1, 0.15) is 65.5 Å². The highest BCUT2D eigenvalue weighted by Crippen LogP contribution is 2.34. The lowest BCUT2D eigenvalue weighted by atomic mass is 9.81. The summed E-state index contributed by atoms with van der Waals surface area (Å²) in [5.41, 5.74) is 7.99. The highest BCUT2D eigenvalue weighted by Gasteiger charge is 2.27. The first-order valence-electron chi connectivity index (χ1n) is 12.2. The highest BCUT2D eigenvalue weighted by molar-refractivity contribution is 7.90. The number of nitrogens with two attached hydrogens (primary N) is 1. The van der Waals surface area contributed by atoms with Crippen LogP contribution >= 0.6 is 0 Å². The smallest absolute Gasteiger partial charge is 0.306 e. The van der Waals surface area contributed by atoms with E-state index in [1.807, 2.05) is 18.2 Å². The standard InChI is InChI=1S/C26H45NO7S/c1-16(2)19(13-22(27)23(29)10-17(3)25(30)31)11-18-8-9-21(26(4,5)6)24(12-18)34-14-20(28)15-35(7,32)33/h8-9,12,16-17,19-20,22-23,28-29H,10-11,13-15,27H2,1-7H3,(H,30,31)/t17?,19?,20-,22?,23?/m1/s1. The highest BCUT2D eigenvalue weighted by atomic mass is 32.2. The molecule has 0 aliphatic heterocycles. The van der Waals surface area contributed by atoms with Crippen LogP contribution in [0, 0.1) is 17.8 Å². The van der Waals surface area contributed by atoms with E-state index in [-0.39, 0.29) is 36.0 Å². The van der Waals surface area contributed by atoms with Crippen molar-refractivity contribution in [2.24, 2.45) is 23.5 Å². The average molecular weight is 516 g/mol. The van der Waals surface area contributed by atoms with Gasteiger partial charge in [-0.25, -0.2) is 8.42 Å². The van der Waals surface area contributed by atoms with Crippen molar-refractivity contribution in [2.75, 3.05) is 18.6 Å². The Morgan fingerprint density at radius 3 is 2.20 bits per heavy atom. The molecule has 5 atom stereocenters. The largest absolute Gasteiger partial charge is 0.491 e. The van der Waals surface area contributed by atoms with Crippen LogP contribution in [0.4, 0.5) is 0 Å². The molecule has 5 N–H and O–H groups in total. The molecule has 0 amide bonds. The van der Waals surface area contributed by atoms with Crippen molar-refractivity contribution in [2.45, 2.75) is 84.5 Å². The quantitative estimate of drug-likeness (QED) is 0.296. The normalized spacial score (nSPS) is 17.0. The second kappa shape index (κ2) is 13.0. The lowest BCUT2D eigenvalue weighted by Gasteiger charge is -2.29. The number of hydrogen-bond acceptors (Lipinski definition) is 7. The van der Waals surface area contributed by atoms with Gasteiger partial charge in [-0.3, -0.25) is 4.79 Å². The van der Waals surface area contributed by atoms with Gasteiger partial charge in [0.15, 0.2) is 0 Å². The predicted octanol–water partition coefficient (Wildman–Crippen LogP) is 2.77. The number of aliphatic hydroxyl groups excluding tert-OH is 2. The zero-order chi connectivity index (χ0) is 27.1. The van der Waals surface area contributed by atoms with E-state index < -0.39 is 40.0 Å². The van der Waals surface area contributed by atoms with E-state index in [2.05, 4.69) is 34.6 Å². The van der Waals surface area contributed by atoms with Gasteiger partial charge < -0.3 is 25.8 Å². The third-order valence-corrected chi connectivity index (χ3v) is 7.30. The van der Waals surface area contributed by atoms with Crippen LogP contribution in [0.3, 0.4) is 0 Å². The van der Waals surface area contributed by atoms with Crippen LogP contribution in [-0.4, -0.2) is 66.6 Å². The molecule has 0 saturated heterocycles. The number of rotatable bonds is 14. The molecular formula is C26H45NO7S. The van der Waals surface area contributed by atoms with Gasteiger partial charge in [0.2, 0.25) is 0 Å². The molecule has 0 aromatic heterocycles. The zero-order valence-electron chi connectivity index (χ0n) is 22.2. The van der Waals surface area contributed by atoms with Crippen LogP contribution in [-0.2, 0) is 26.5 Å². The van der Waals surface area contributed by atoms with Crippen molar-refractivity contribution >= 4 is 15.8 Å². The molecule has 0 spiro atoms. The van der Waals surface area contributed by atoms with Crippen LogP contribution in [0.2, 0.25) is 0 Å². The van der Waals surface area contributed by atoms with Gasteiger partial charge in [0.25, 0.3) is 0 Å². The lowest BCUT2D eigenvalue weighted by molar-refractivity contribution is -0.142. The fraction of sp³-hybridized carbons (Fsp3) is 0.731. The minimum Gasteiger partial charge on any atom is -0.491 e. The molecule has 35 heavy (non-hydrogen) atoms. The number of benzene rings is 1. The Bertz CT molecular complexity index is 924. The van der Waals surface area contributed by atoms with Gasteiger partial charge in [0.1, 0.15) is 28.3 Å². The molecule has 4 unspecified atom stereocenters. The molecule has 0 aliphatic carbocycles. The minimum absolute atomic E-state index is 0.107. The van der Waals surface area contributed by atoms with Gasteiger partial charge in [-0.2, -0.15) is 0 Å². The van der Waals surface area contributed by atoms with Gasteiger partial charge in [-0.15, -0.1) is 0 Å². The summed E-state index contributed by atoms with van der Waals surface area (Å²) in [7, 11) is -3.33. The summed E-state index contributed by atoms with van der Waals surface area (Å²) in [4.78, 5) is 11.1. The van der Waals surface area contributed by atoms with E-state index >= 15 is 0 Å². The van der Waals surface area contributed by atoms with E-state index in [0.29, 0.717) is 18.6 Å². The van der Waals surface area contributed by atoms with Crippen LogP contribution in [0.25, 0.3) is 0 Å². The molecule has 202 valence electrons. The molecule has 0 fully saturated rings. The number of carboxylic acid groups (broad SMARTS) is 1. The maximum Gasteiger partial charge on any atom is 0.306 e. The molecule has 0 heterocycles. The summed E-state index contributed by atoms with van der Waals surface area (Å²) >= 11 is 0. The monoisotopic (exact) mass is 515 g/mol. The molecular weight excluding hydrogens is 470 g/mol. The number of aliphatic carboxylic acids is 1. The number of sulfone groups is 1. The predicted molar refractivity (Wildman–Crippen MR) is 138 cm³/mol.